The van der Waals surface area contributed by atoms with Crippen molar-refractivity contribution in [3.05, 3.63) is 0 Å². The van der Waals surface area contributed by atoms with Gasteiger partial charge in [-0.15, -0.1) is 0 Å². The van der Waals surface area contributed by atoms with Gasteiger partial charge >= 0.3 is 5.97 Å². The van der Waals surface area contributed by atoms with Crippen molar-refractivity contribution in [2.45, 2.75) is 78.1 Å². The Kier molecular flexibility index (Phi) is 4.03. The molecular formula is C16H28O2. The highest BCUT2D eigenvalue weighted by Crippen LogP contribution is 2.55. The Morgan fingerprint density at radius 2 is 1.67 bits per heavy atom. The van der Waals surface area contributed by atoms with Crippen LogP contribution in [0.3, 0.4) is 0 Å². The summed E-state index contributed by atoms with van der Waals surface area (Å²) >= 11 is 0. The molecule has 2 rings (SSSR count). The second-order valence-electron chi connectivity index (χ2n) is 7.19. The molecule has 0 saturated heterocycles. The van der Waals surface area contributed by atoms with Crippen LogP contribution in [-0.2, 0) is 4.79 Å². The Morgan fingerprint density at radius 3 is 2.22 bits per heavy atom. The molecule has 1 unspecified atom stereocenters. The van der Waals surface area contributed by atoms with Gasteiger partial charge in [-0.25, -0.2) is 0 Å². The summed E-state index contributed by atoms with van der Waals surface area (Å²) in [6, 6.07) is 0. The van der Waals surface area contributed by atoms with Gasteiger partial charge in [0.25, 0.3) is 0 Å². The van der Waals surface area contributed by atoms with Gasteiger partial charge in [-0.1, -0.05) is 58.8 Å². The maximum atomic E-state index is 12.0. The van der Waals surface area contributed by atoms with Crippen LogP contribution in [0.5, 0.6) is 0 Å². The number of aliphatic carboxylic acids is 1. The first-order valence-corrected chi connectivity index (χ1v) is 7.71. The predicted molar refractivity (Wildman–Crippen MR) is 73.5 cm³/mol. The van der Waals surface area contributed by atoms with Gasteiger partial charge in [0.1, 0.15) is 0 Å². The average molecular weight is 252 g/mol. The fourth-order valence-corrected chi connectivity index (χ4v) is 4.32. The molecule has 0 spiro atoms. The van der Waals surface area contributed by atoms with Gasteiger partial charge in [0.2, 0.25) is 0 Å². The lowest BCUT2D eigenvalue weighted by Crippen LogP contribution is -2.48. The van der Waals surface area contributed by atoms with E-state index < -0.39 is 11.4 Å². The maximum Gasteiger partial charge on any atom is 0.310 e. The van der Waals surface area contributed by atoms with Crippen molar-refractivity contribution in [3.63, 3.8) is 0 Å². The van der Waals surface area contributed by atoms with Gasteiger partial charge in [0.15, 0.2) is 0 Å². The molecular weight excluding hydrogens is 224 g/mol. The van der Waals surface area contributed by atoms with Gasteiger partial charge in [0, 0.05) is 0 Å². The number of hydrogen-bond acceptors (Lipinski definition) is 1. The molecule has 2 nitrogen and oxygen atoms in total. The largest absolute Gasteiger partial charge is 0.481 e. The third kappa shape index (κ3) is 2.44. The van der Waals surface area contributed by atoms with E-state index in [1.165, 1.54) is 38.5 Å². The van der Waals surface area contributed by atoms with E-state index >= 15 is 0 Å². The molecule has 2 aliphatic rings. The summed E-state index contributed by atoms with van der Waals surface area (Å²) in [6.07, 6.45) is 11.7. The van der Waals surface area contributed by atoms with Gasteiger partial charge in [-0.05, 0) is 30.6 Å². The lowest BCUT2D eigenvalue weighted by Gasteiger charge is -2.49. The van der Waals surface area contributed by atoms with E-state index in [2.05, 4.69) is 13.8 Å². The van der Waals surface area contributed by atoms with Crippen LogP contribution in [0.4, 0.5) is 0 Å². The first-order valence-electron chi connectivity index (χ1n) is 7.71. The highest BCUT2D eigenvalue weighted by molar-refractivity contribution is 5.76. The first kappa shape index (κ1) is 13.9. The molecule has 0 aliphatic heterocycles. The van der Waals surface area contributed by atoms with Crippen molar-refractivity contribution in [3.8, 4) is 0 Å². The molecule has 2 saturated carbocycles. The zero-order valence-electron chi connectivity index (χ0n) is 12.0. The van der Waals surface area contributed by atoms with Crippen LogP contribution in [-0.4, -0.2) is 11.1 Å². The van der Waals surface area contributed by atoms with Crippen molar-refractivity contribution in [2.24, 2.45) is 16.7 Å². The third-order valence-corrected chi connectivity index (χ3v) is 5.72. The summed E-state index contributed by atoms with van der Waals surface area (Å²) in [4.78, 5) is 12.0. The summed E-state index contributed by atoms with van der Waals surface area (Å²) in [6.45, 7) is 4.37. The average Bonchev–Trinajstić information content (AvgIpc) is 2.33. The van der Waals surface area contributed by atoms with E-state index in [9.17, 15) is 9.90 Å². The van der Waals surface area contributed by atoms with Crippen LogP contribution in [0.2, 0.25) is 0 Å². The number of rotatable bonds is 3. The third-order valence-electron chi connectivity index (χ3n) is 5.72. The summed E-state index contributed by atoms with van der Waals surface area (Å²) in [5.74, 6) is 0.130. The smallest absolute Gasteiger partial charge is 0.310 e. The maximum absolute atomic E-state index is 12.0. The molecule has 18 heavy (non-hydrogen) atoms. The molecule has 0 bridgehead atoms. The molecule has 0 amide bonds. The molecule has 1 atom stereocenters. The molecule has 1 N–H and O–H groups in total. The minimum absolute atomic E-state index is 0.0332. The second kappa shape index (κ2) is 5.22. The molecule has 2 fully saturated rings. The zero-order valence-corrected chi connectivity index (χ0v) is 12.0. The first-order chi connectivity index (χ1) is 8.48. The Bertz CT molecular complexity index is 302. The van der Waals surface area contributed by atoms with Crippen LogP contribution in [0.15, 0.2) is 0 Å². The fraction of sp³-hybridized carbons (Fsp3) is 0.938. The molecule has 0 aromatic rings. The van der Waals surface area contributed by atoms with E-state index in [-0.39, 0.29) is 5.41 Å². The van der Waals surface area contributed by atoms with E-state index in [4.69, 9.17) is 0 Å². The minimum atomic E-state index is -0.530. The summed E-state index contributed by atoms with van der Waals surface area (Å²) < 4.78 is 0. The van der Waals surface area contributed by atoms with E-state index in [1.54, 1.807) is 0 Å². The van der Waals surface area contributed by atoms with Crippen LogP contribution in [0, 0.1) is 16.7 Å². The van der Waals surface area contributed by atoms with Crippen molar-refractivity contribution in [1.82, 2.24) is 0 Å². The fourth-order valence-electron chi connectivity index (χ4n) is 4.32. The van der Waals surface area contributed by atoms with Crippen LogP contribution in [0.1, 0.15) is 78.1 Å². The van der Waals surface area contributed by atoms with E-state index in [0.29, 0.717) is 5.92 Å². The van der Waals surface area contributed by atoms with E-state index in [1.807, 2.05) is 0 Å². The van der Waals surface area contributed by atoms with Crippen LogP contribution < -0.4 is 0 Å². The highest BCUT2D eigenvalue weighted by Gasteiger charge is 2.52. The lowest BCUT2D eigenvalue weighted by molar-refractivity contribution is -0.163. The lowest BCUT2D eigenvalue weighted by atomic mass is 9.54. The van der Waals surface area contributed by atoms with Crippen LogP contribution in [0.25, 0.3) is 0 Å². The highest BCUT2D eigenvalue weighted by atomic mass is 16.4. The normalized spacial score (nSPS) is 33.2. The standard InChI is InChI=1S/C16H28O2/c1-15(2)10-6-7-11-16(15,14(17)18)12-13-8-4-3-5-9-13/h13H,3-12H2,1-2H3,(H,17,18). The van der Waals surface area contributed by atoms with Crippen molar-refractivity contribution in [1.29, 1.82) is 0 Å². The van der Waals surface area contributed by atoms with Gasteiger partial charge in [0.05, 0.1) is 5.41 Å². The molecule has 0 radical (unpaired) electrons. The second-order valence-corrected chi connectivity index (χ2v) is 7.19. The zero-order chi connectivity index (χ0) is 13.2. The van der Waals surface area contributed by atoms with Crippen molar-refractivity contribution in [2.75, 3.05) is 0 Å². The predicted octanol–water partition coefficient (Wildman–Crippen LogP) is 4.63. The Morgan fingerprint density at radius 1 is 1.06 bits per heavy atom. The van der Waals surface area contributed by atoms with Crippen molar-refractivity contribution >= 4 is 5.97 Å². The minimum Gasteiger partial charge on any atom is -0.481 e. The number of carboxylic acid groups (broad SMARTS) is 1. The van der Waals surface area contributed by atoms with Gasteiger partial charge in [-0.3, -0.25) is 4.79 Å². The molecule has 2 heteroatoms. The quantitative estimate of drug-likeness (QED) is 0.795. The Balaban J connectivity index is 2.17. The molecule has 2 aliphatic carbocycles. The molecule has 0 heterocycles. The summed E-state index contributed by atoms with van der Waals surface area (Å²) in [5.41, 5.74) is -0.484. The molecule has 0 aromatic heterocycles. The monoisotopic (exact) mass is 252 g/mol. The SMILES string of the molecule is CC1(C)CCCCC1(CC1CCCCC1)C(=O)O. The van der Waals surface area contributed by atoms with Crippen molar-refractivity contribution < 1.29 is 9.90 Å². The summed E-state index contributed by atoms with van der Waals surface area (Å²) in [5, 5.41) is 9.86. The van der Waals surface area contributed by atoms with Gasteiger partial charge < -0.3 is 5.11 Å². The number of carbonyl (C=O) groups is 1. The van der Waals surface area contributed by atoms with E-state index in [0.717, 1.165) is 25.7 Å². The molecule has 0 aromatic carbocycles. The number of hydrogen-bond donors (Lipinski definition) is 1. The summed E-state index contributed by atoms with van der Waals surface area (Å²) in [7, 11) is 0. The topological polar surface area (TPSA) is 37.3 Å². The van der Waals surface area contributed by atoms with Crippen LogP contribution >= 0.6 is 0 Å². The van der Waals surface area contributed by atoms with Gasteiger partial charge in [-0.2, -0.15) is 0 Å². The Hall–Kier alpha value is -0.530. The number of carboxylic acids is 1. The Labute approximate surface area is 111 Å². The molecule has 104 valence electrons.